The summed E-state index contributed by atoms with van der Waals surface area (Å²) in [5, 5.41) is 9.81. The fraction of sp³-hybridized carbons (Fsp3) is 0.100. The maximum atomic E-state index is 10.6. The summed E-state index contributed by atoms with van der Waals surface area (Å²) in [6, 6.07) is 5.91. The van der Waals surface area contributed by atoms with E-state index < -0.39 is 10.2 Å². The first-order chi connectivity index (χ1) is 7.00. The number of allylic oxidation sites excluding steroid dienone is 2. The summed E-state index contributed by atoms with van der Waals surface area (Å²) in [5.74, 6) is 0. The van der Waals surface area contributed by atoms with E-state index in [0.29, 0.717) is 5.57 Å². The smallest absolute Gasteiger partial charge is 0.269 e. The van der Waals surface area contributed by atoms with Crippen molar-refractivity contribution in [2.45, 2.75) is 6.92 Å². The topological polar surface area (TPSA) is 60.2 Å². The zero-order valence-electron chi connectivity index (χ0n) is 7.94. The lowest BCUT2D eigenvalue weighted by Crippen LogP contribution is -1.88. The Bertz CT molecular complexity index is 423. The second-order valence-electron chi connectivity index (χ2n) is 2.94. The Morgan fingerprint density at radius 1 is 1.40 bits per heavy atom. The van der Waals surface area contributed by atoms with Gasteiger partial charge in [0, 0.05) is 18.2 Å². The number of nitro benzene ring substituents is 1. The molecule has 0 aromatic heterocycles. The Labute approximate surface area is 91.3 Å². The van der Waals surface area contributed by atoms with Crippen LogP contribution in [-0.2, 0) is 4.79 Å². The second-order valence-corrected chi connectivity index (χ2v) is 3.31. The minimum atomic E-state index is -0.564. The number of hydrogen-bond acceptors (Lipinski definition) is 3. The number of halogens is 1. The zero-order chi connectivity index (χ0) is 11.4. The molecule has 0 saturated heterocycles. The fourth-order valence-corrected chi connectivity index (χ4v) is 1.26. The summed E-state index contributed by atoms with van der Waals surface area (Å²) in [6.45, 7) is 1.71. The van der Waals surface area contributed by atoms with E-state index in [9.17, 15) is 14.9 Å². The van der Waals surface area contributed by atoms with Gasteiger partial charge in [0.05, 0.1) is 4.92 Å². The summed E-state index contributed by atoms with van der Waals surface area (Å²) < 4.78 is 0. The predicted molar refractivity (Wildman–Crippen MR) is 57.6 cm³/mol. The molecule has 0 unspecified atom stereocenters. The third kappa shape index (κ3) is 3.18. The summed E-state index contributed by atoms with van der Waals surface area (Å²) >= 11 is 5.18. The first-order valence-electron chi connectivity index (χ1n) is 4.13. The van der Waals surface area contributed by atoms with Gasteiger partial charge >= 0.3 is 0 Å². The number of carbonyl (C=O) groups is 1. The molecular formula is C10H8ClNO3. The van der Waals surface area contributed by atoms with E-state index in [4.69, 9.17) is 11.6 Å². The number of carbonyl (C=O) groups excluding carboxylic acids is 1. The van der Waals surface area contributed by atoms with Crippen LogP contribution in [0.4, 0.5) is 5.69 Å². The highest BCUT2D eigenvalue weighted by molar-refractivity contribution is 6.66. The molecule has 0 aliphatic rings. The van der Waals surface area contributed by atoms with Crippen molar-refractivity contribution < 1.29 is 9.72 Å². The van der Waals surface area contributed by atoms with Gasteiger partial charge in [0.25, 0.3) is 5.69 Å². The number of hydrogen-bond donors (Lipinski definition) is 0. The molecule has 0 amide bonds. The summed E-state index contributed by atoms with van der Waals surface area (Å²) in [7, 11) is 0. The van der Waals surface area contributed by atoms with Crippen molar-refractivity contribution >= 4 is 28.1 Å². The Hall–Kier alpha value is -1.68. The van der Waals surface area contributed by atoms with Crippen LogP contribution in [0.5, 0.6) is 0 Å². The monoisotopic (exact) mass is 225 g/mol. The molecule has 0 N–H and O–H groups in total. The Morgan fingerprint density at radius 3 is 2.33 bits per heavy atom. The van der Waals surface area contributed by atoms with Gasteiger partial charge in [-0.05, 0) is 41.8 Å². The van der Waals surface area contributed by atoms with E-state index in [-0.39, 0.29) is 5.69 Å². The summed E-state index contributed by atoms with van der Waals surface area (Å²) in [4.78, 5) is 20.5. The molecule has 78 valence electrons. The van der Waals surface area contributed by atoms with Crippen LogP contribution in [-0.4, -0.2) is 10.2 Å². The average molecular weight is 226 g/mol. The number of non-ortho nitro benzene ring substituents is 1. The number of nitro groups is 1. The molecule has 0 atom stereocenters. The van der Waals surface area contributed by atoms with Gasteiger partial charge in [0.2, 0.25) is 5.24 Å². The molecule has 0 spiro atoms. The first kappa shape index (κ1) is 11.4. The number of rotatable bonds is 3. The molecule has 1 rings (SSSR count). The van der Waals surface area contributed by atoms with Gasteiger partial charge in [0.15, 0.2) is 0 Å². The lowest BCUT2D eigenvalue weighted by molar-refractivity contribution is -0.384. The molecule has 0 fully saturated rings. The quantitative estimate of drug-likeness (QED) is 0.344. The minimum Gasteiger partial charge on any atom is -0.276 e. The Kier molecular flexibility index (Phi) is 3.57. The van der Waals surface area contributed by atoms with E-state index >= 15 is 0 Å². The maximum Gasteiger partial charge on any atom is 0.269 e. The Balaban J connectivity index is 2.99. The van der Waals surface area contributed by atoms with E-state index in [0.717, 1.165) is 5.56 Å². The molecular weight excluding hydrogens is 218 g/mol. The van der Waals surface area contributed by atoms with E-state index in [1.54, 1.807) is 19.1 Å². The van der Waals surface area contributed by atoms with E-state index in [1.165, 1.54) is 18.2 Å². The van der Waals surface area contributed by atoms with Gasteiger partial charge in [-0.25, -0.2) is 0 Å². The molecule has 0 bridgehead atoms. The lowest BCUT2D eigenvalue weighted by Gasteiger charge is -1.99. The first-order valence-corrected chi connectivity index (χ1v) is 4.51. The number of nitrogens with zero attached hydrogens (tertiary/aromatic N) is 1. The van der Waals surface area contributed by atoms with Crippen LogP contribution in [0.15, 0.2) is 30.3 Å². The van der Waals surface area contributed by atoms with Gasteiger partial charge in [-0.15, -0.1) is 0 Å². The highest BCUT2D eigenvalue weighted by Crippen LogP contribution is 2.18. The van der Waals surface area contributed by atoms with Crippen molar-refractivity contribution in [3.8, 4) is 0 Å². The van der Waals surface area contributed by atoms with Crippen LogP contribution in [0.25, 0.3) is 5.57 Å². The molecule has 5 heteroatoms. The van der Waals surface area contributed by atoms with Gasteiger partial charge in [-0.2, -0.15) is 0 Å². The average Bonchev–Trinajstić information content (AvgIpc) is 2.17. The van der Waals surface area contributed by atoms with Gasteiger partial charge in [-0.1, -0.05) is 0 Å². The predicted octanol–water partition coefficient (Wildman–Crippen LogP) is 2.76. The van der Waals surface area contributed by atoms with Crippen LogP contribution in [0.3, 0.4) is 0 Å². The van der Waals surface area contributed by atoms with Crippen molar-refractivity contribution in [3.63, 3.8) is 0 Å². The van der Waals surface area contributed by atoms with Crippen LogP contribution >= 0.6 is 11.6 Å². The van der Waals surface area contributed by atoms with Gasteiger partial charge < -0.3 is 0 Å². The van der Waals surface area contributed by atoms with Gasteiger partial charge in [0.1, 0.15) is 0 Å². The van der Waals surface area contributed by atoms with Crippen molar-refractivity contribution in [2.75, 3.05) is 0 Å². The van der Waals surface area contributed by atoms with Crippen molar-refractivity contribution in [2.24, 2.45) is 0 Å². The molecule has 0 aliphatic heterocycles. The normalized spacial score (nSPS) is 11.2. The molecule has 0 radical (unpaired) electrons. The third-order valence-corrected chi connectivity index (χ3v) is 1.97. The largest absolute Gasteiger partial charge is 0.276 e. The fourth-order valence-electron chi connectivity index (χ4n) is 1.10. The zero-order valence-corrected chi connectivity index (χ0v) is 8.69. The van der Waals surface area contributed by atoms with E-state index in [1.807, 2.05) is 0 Å². The molecule has 15 heavy (non-hydrogen) atoms. The van der Waals surface area contributed by atoms with Crippen molar-refractivity contribution in [1.29, 1.82) is 0 Å². The van der Waals surface area contributed by atoms with Crippen molar-refractivity contribution in [1.82, 2.24) is 0 Å². The summed E-state index contributed by atoms with van der Waals surface area (Å²) in [6.07, 6.45) is 1.27. The van der Waals surface area contributed by atoms with Crippen molar-refractivity contribution in [3.05, 3.63) is 46.0 Å². The SMILES string of the molecule is CC(=CC(=O)Cl)c1ccc([N+](=O)[O-])cc1. The minimum absolute atomic E-state index is 0.0174. The van der Waals surface area contributed by atoms with Crippen LogP contribution in [0.2, 0.25) is 0 Å². The second kappa shape index (κ2) is 4.70. The maximum absolute atomic E-state index is 10.6. The van der Waals surface area contributed by atoms with Crippen LogP contribution < -0.4 is 0 Å². The molecule has 1 aromatic rings. The highest BCUT2D eigenvalue weighted by atomic mass is 35.5. The molecule has 1 aromatic carbocycles. The molecule has 4 nitrogen and oxygen atoms in total. The molecule has 0 heterocycles. The molecule has 0 saturated carbocycles. The van der Waals surface area contributed by atoms with Gasteiger partial charge in [-0.3, -0.25) is 14.9 Å². The lowest BCUT2D eigenvalue weighted by atomic mass is 10.1. The number of benzene rings is 1. The highest BCUT2D eigenvalue weighted by Gasteiger charge is 2.04. The molecule has 0 aliphatic carbocycles. The summed E-state index contributed by atoms with van der Waals surface area (Å²) in [5.41, 5.74) is 1.42. The standard InChI is InChI=1S/C10H8ClNO3/c1-7(6-10(11)13)8-2-4-9(5-3-8)12(14)15/h2-6H,1H3. The third-order valence-electron chi connectivity index (χ3n) is 1.86. The van der Waals surface area contributed by atoms with Crippen LogP contribution in [0.1, 0.15) is 12.5 Å². The van der Waals surface area contributed by atoms with E-state index in [2.05, 4.69) is 0 Å². The Morgan fingerprint density at radius 2 is 1.93 bits per heavy atom. The van der Waals surface area contributed by atoms with Crippen LogP contribution in [0, 0.1) is 10.1 Å².